The molecule has 0 aliphatic heterocycles. The summed E-state index contributed by atoms with van der Waals surface area (Å²) in [7, 11) is 0. The van der Waals surface area contributed by atoms with Crippen LogP contribution in [0.3, 0.4) is 0 Å². The van der Waals surface area contributed by atoms with Gasteiger partial charge in [0.15, 0.2) is 5.88 Å². The zero-order valence-corrected chi connectivity index (χ0v) is 7.07. The molecule has 0 saturated heterocycles. The third-order valence-electron chi connectivity index (χ3n) is 1.52. The summed E-state index contributed by atoms with van der Waals surface area (Å²) in [6.45, 7) is 8.90. The molecule has 0 radical (unpaired) electrons. The molecule has 1 heterocycles. The molecular weight excluding hydrogens is 150 g/mol. The second-order valence-electron chi connectivity index (χ2n) is 2.43. The molecule has 1 aromatic rings. The molecule has 0 saturated carbocycles. The van der Waals surface area contributed by atoms with Crippen LogP contribution in [0, 0.1) is 0 Å². The first-order valence-electron chi connectivity index (χ1n) is 3.88. The van der Waals surface area contributed by atoms with Crippen molar-refractivity contribution in [3.8, 4) is 0 Å². The fourth-order valence-corrected chi connectivity index (χ4v) is 1.02. The third-order valence-corrected chi connectivity index (χ3v) is 1.52. The lowest BCUT2D eigenvalue weighted by atomic mass is 10.4. The maximum absolute atomic E-state index is 5.23. The molecule has 0 N–H and O–H groups in total. The minimum atomic E-state index is 0.777. The van der Waals surface area contributed by atoms with Gasteiger partial charge in [0.2, 0.25) is 0 Å². The number of rotatable bonds is 5. The summed E-state index contributed by atoms with van der Waals surface area (Å²) >= 11 is 0. The van der Waals surface area contributed by atoms with E-state index < -0.39 is 0 Å². The Hall–Kier alpha value is -1.44. The van der Waals surface area contributed by atoms with Gasteiger partial charge in [-0.25, -0.2) is 0 Å². The van der Waals surface area contributed by atoms with Crippen molar-refractivity contribution in [2.24, 2.45) is 0 Å². The van der Waals surface area contributed by atoms with Crippen LogP contribution in [0.1, 0.15) is 0 Å². The van der Waals surface area contributed by atoms with Crippen molar-refractivity contribution in [2.75, 3.05) is 18.0 Å². The Morgan fingerprint density at radius 1 is 1.33 bits per heavy atom. The van der Waals surface area contributed by atoms with Gasteiger partial charge >= 0.3 is 0 Å². The summed E-state index contributed by atoms with van der Waals surface area (Å²) in [5, 5.41) is 0. The Morgan fingerprint density at radius 3 is 2.42 bits per heavy atom. The predicted octanol–water partition coefficient (Wildman–Crippen LogP) is 2.46. The van der Waals surface area contributed by atoms with Gasteiger partial charge in [-0.15, -0.1) is 13.2 Å². The smallest absolute Gasteiger partial charge is 0.195 e. The van der Waals surface area contributed by atoms with Crippen LogP contribution < -0.4 is 4.90 Å². The van der Waals surface area contributed by atoms with Crippen molar-refractivity contribution < 1.29 is 4.42 Å². The fraction of sp³-hybridized carbons (Fsp3) is 0.200. The molecule has 0 atom stereocenters. The first-order valence-corrected chi connectivity index (χ1v) is 3.88. The highest BCUT2D eigenvalue weighted by molar-refractivity contribution is 5.36. The highest BCUT2D eigenvalue weighted by atomic mass is 16.3. The van der Waals surface area contributed by atoms with E-state index in [0.717, 1.165) is 19.0 Å². The summed E-state index contributed by atoms with van der Waals surface area (Å²) < 4.78 is 5.23. The van der Waals surface area contributed by atoms with E-state index in [1.807, 2.05) is 29.2 Å². The molecule has 0 bridgehead atoms. The summed E-state index contributed by atoms with van der Waals surface area (Å²) in [5.74, 6) is 0.856. The normalized spacial score (nSPS) is 9.33. The van der Waals surface area contributed by atoms with Crippen molar-refractivity contribution in [3.63, 3.8) is 0 Å². The zero-order valence-electron chi connectivity index (χ0n) is 7.07. The summed E-state index contributed by atoms with van der Waals surface area (Å²) in [5.41, 5.74) is 0. The number of hydrogen-bond donors (Lipinski definition) is 0. The van der Waals surface area contributed by atoms with Gasteiger partial charge in [0.25, 0.3) is 0 Å². The van der Waals surface area contributed by atoms with Crippen LogP contribution in [-0.4, -0.2) is 13.1 Å². The van der Waals surface area contributed by atoms with Gasteiger partial charge in [-0.3, -0.25) is 0 Å². The molecule has 2 nitrogen and oxygen atoms in total. The SMILES string of the molecule is C=CCN(CC=C)c1ccco1. The van der Waals surface area contributed by atoms with E-state index in [2.05, 4.69) is 13.2 Å². The van der Waals surface area contributed by atoms with Gasteiger partial charge in [0.05, 0.1) is 6.26 Å². The molecule has 0 spiro atoms. The quantitative estimate of drug-likeness (QED) is 0.620. The lowest BCUT2D eigenvalue weighted by Gasteiger charge is -2.17. The monoisotopic (exact) mass is 163 g/mol. The minimum Gasteiger partial charge on any atom is -0.449 e. The van der Waals surface area contributed by atoms with Crippen molar-refractivity contribution in [3.05, 3.63) is 43.7 Å². The molecule has 64 valence electrons. The number of nitrogens with zero attached hydrogens (tertiary/aromatic N) is 1. The maximum atomic E-state index is 5.23. The van der Waals surface area contributed by atoms with Crippen molar-refractivity contribution >= 4 is 5.88 Å². The topological polar surface area (TPSA) is 16.4 Å². The Morgan fingerprint density at radius 2 is 2.00 bits per heavy atom. The van der Waals surface area contributed by atoms with Gasteiger partial charge in [0.1, 0.15) is 0 Å². The molecule has 0 aromatic carbocycles. The van der Waals surface area contributed by atoms with Crippen LogP contribution in [0.2, 0.25) is 0 Å². The summed E-state index contributed by atoms with van der Waals surface area (Å²) in [6.07, 6.45) is 5.34. The average Bonchev–Trinajstić information content (AvgIpc) is 2.56. The van der Waals surface area contributed by atoms with Gasteiger partial charge in [-0.2, -0.15) is 0 Å². The van der Waals surface area contributed by atoms with Gasteiger partial charge in [-0.1, -0.05) is 12.2 Å². The Bertz CT molecular complexity index is 228. The largest absolute Gasteiger partial charge is 0.449 e. The average molecular weight is 163 g/mol. The second kappa shape index (κ2) is 4.44. The molecule has 0 fully saturated rings. The van der Waals surface area contributed by atoms with E-state index in [1.54, 1.807) is 6.26 Å². The predicted molar refractivity (Wildman–Crippen MR) is 51.3 cm³/mol. The molecule has 0 amide bonds. The van der Waals surface area contributed by atoms with E-state index in [4.69, 9.17) is 4.42 Å². The van der Waals surface area contributed by atoms with Crippen LogP contribution in [0.25, 0.3) is 0 Å². The number of furan rings is 1. The van der Waals surface area contributed by atoms with E-state index in [9.17, 15) is 0 Å². The molecular formula is C10H13NO. The van der Waals surface area contributed by atoms with Crippen molar-refractivity contribution in [1.82, 2.24) is 0 Å². The van der Waals surface area contributed by atoms with Gasteiger partial charge in [-0.05, 0) is 6.07 Å². The molecule has 2 heteroatoms. The van der Waals surface area contributed by atoms with Crippen molar-refractivity contribution in [1.29, 1.82) is 0 Å². The van der Waals surface area contributed by atoms with Crippen LogP contribution in [0.5, 0.6) is 0 Å². The first kappa shape index (κ1) is 8.65. The van der Waals surface area contributed by atoms with Crippen LogP contribution >= 0.6 is 0 Å². The summed E-state index contributed by atoms with van der Waals surface area (Å²) in [6, 6.07) is 3.79. The number of hydrogen-bond acceptors (Lipinski definition) is 2. The molecule has 0 unspecified atom stereocenters. The van der Waals surface area contributed by atoms with Gasteiger partial charge < -0.3 is 9.32 Å². The number of anilines is 1. The lowest BCUT2D eigenvalue weighted by Crippen LogP contribution is -2.22. The molecule has 1 rings (SSSR count). The standard InChI is InChI=1S/C10H13NO/c1-3-7-11(8-4-2)10-6-5-9-12-10/h3-6,9H,1-2,7-8H2. The second-order valence-corrected chi connectivity index (χ2v) is 2.43. The third kappa shape index (κ3) is 2.02. The Balaban J connectivity index is 2.65. The van der Waals surface area contributed by atoms with Crippen molar-refractivity contribution in [2.45, 2.75) is 0 Å². The van der Waals surface area contributed by atoms with Gasteiger partial charge in [0, 0.05) is 19.2 Å². The van der Waals surface area contributed by atoms with Crippen LogP contribution in [0.4, 0.5) is 5.88 Å². The minimum absolute atomic E-state index is 0.777. The first-order chi connectivity index (χ1) is 5.88. The zero-order chi connectivity index (χ0) is 8.81. The van der Waals surface area contributed by atoms with E-state index in [1.165, 1.54) is 0 Å². The molecule has 0 aliphatic carbocycles. The van der Waals surface area contributed by atoms with E-state index in [0.29, 0.717) is 0 Å². The Labute approximate surface area is 72.8 Å². The van der Waals surface area contributed by atoms with E-state index in [-0.39, 0.29) is 0 Å². The molecule has 1 aromatic heterocycles. The van der Waals surface area contributed by atoms with E-state index >= 15 is 0 Å². The Kier molecular flexibility index (Phi) is 3.20. The highest BCUT2D eigenvalue weighted by Gasteiger charge is 2.03. The molecule has 0 aliphatic rings. The summed E-state index contributed by atoms with van der Waals surface area (Å²) in [4.78, 5) is 2.04. The fourth-order valence-electron chi connectivity index (χ4n) is 1.02. The molecule has 12 heavy (non-hydrogen) atoms. The van der Waals surface area contributed by atoms with Crippen LogP contribution in [-0.2, 0) is 0 Å². The maximum Gasteiger partial charge on any atom is 0.195 e. The lowest BCUT2D eigenvalue weighted by molar-refractivity contribution is 0.556. The van der Waals surface area contributed by atoms with Crippen LogP contribution in [0.15, 0.2) is 48.1 Å². The highest BCUT2D eigenvalue weighted by Crippen LogP contribution is 2.13.